The number of primary sulfonamides is 1. The molecular formula is C14H21FN2O3S. The van der Waals surface area contributed by atoms with Crippen LogP contribution in [0.1, 0.15) is 42.6 Å². The molecule has 0 saturated carbocycles. The average Bonchev–Trinajstić information content (AvgIpc) is 2.41. The highest BCUT2D eigenvalue weighted by molar-refractivity contribution is 7.89. The van der Waals surface area contributed by atoms with Crippen LogP contribution in [0.5, 0.6) is 0 Å². The van der Waals surface area contributed by atoms with Gasteiger partial charge in [0.1, 0.15) is 5.82 Å². The molecular weight excluding hydrogens is 295 g/mol. The minimum absolute atomic E-state index is 0.0641. The molecule has 0 unspecified atom stereocenters. The summed E-state index contributed by atoms with van der Waals surface area (Å²) in [6.07, 6.45) is 1.80. The third-order valence-corrected chi connectivity index (χ3v) is 4.40. The summed E-state index contributed by atoms with van der Waals surface area (Å²) in [7, 11) is -3.99. The zero-order chi connectivity index (χ0) is 16.2. The first-order chi connectivity index (χ1) is 9.70. The summed E-state index contributed by atoms with van der Waals surface area (Å²) >= 11 is 0. The maximum absolute atomic E-state index is 14.0. The zero-order valence-electron chi connectivity index (χ0n) is 12.4. The minimum Gasteiger partial charge on any atom is -0.352 e. The summed E-state index contributed by atoms with van der Waals surface area (Å²) in [4.78, 5) is 11.8. The van der Waals surface area contributed by atoms with E-state index >= 15 is 0 Å². The maximum atomic E-state index is 14.0. The Hall–Kier alpha value is -1.47. The first-order valence-corrected chi connectivity index (χ1v) is 8.36. The van der Waals surface area contributed by atoms with Crippen LogP contribution >= 0.6 is 0 Å². The number of hydrogen-bond acceptors (Lipinski definition) is 3. The molecule has 0 atom stereocenters. The third kappa shape index (κ3) is 4.50. The van der Waals surface area contributed by atoms with Gasteiger partial charge >= 0.3 is 0 Å². The van der Waals surface area contributed by atoms with Crippen LogP contribution < -0.4 is 10.5 Å². The van der Waals surface area contributed by atoms with E-state index in [9.17, 15) is 17.6 Å². The molecule has 1 aromatic carbocycles. The van der Waals surface area contributed by atoms with E-state index in [2.05, 4.69) is 5.32 Å². The summed E-state index contributed by atoms with van der Waals surface area (Å²) in [5, 5.41) is 7.66. The number of aryl methyl sites for hydroxylation is 1. The molecule has 0 aliphatic carbocycles. The summed E-state index contributed by atoms with van der Waals surface area (Å²) < 4.78 is 36.7. The number of rotatable bonds is 6. The normalized spacial score (nSPS) is 11.7. The van der Waals surface area contributed by atoms with Crippen LogP contribution in [0.4, 0.5) is 4.39 Å². The third-order valence-electron chi connectivity index (χ3n) is 3.51. The van der Waals surface area contributed by atoms with E-state index in [1.54, 1.807) is 0 Å². The molecule has 0 aliphatic rings. The molecule has 7 heteroatoms. The molecule has 3 N–H and O–H groups in total. The fourth-order valence-corrected chi connectivity index (χ4v) is 2.60. The van der Waals surface area contributed by atoms with Crippen molar-refractivity contribution < 1.29 is 17.6 Å². The number of hydrogen-bond donors (Lipinski definition) is 2. The van der Waals surface area contributed by atoms with Crippen LogP contribution in [0.25, 0.3) is 0 Å². The Morgan fingerprint density at radius 1 is 1.33 bits per heavy atom. The first-order valence-electron chi connectivity index (χ1n) is 6.81. The standard InChI is InChI=1S/C14H21FN2O3S/c1-4-10(5-2)8-17-14(18)12-7-11(21(16,19)20)6-9(3)13(12)15/h6-7,10H,4-5,8H2,1-3H3,(H,17,18)(H2,16,19,20). The lowest BCUT2D eigenvalue weighted by atomic mass is 10.0. The number of amides is 1. The summed E-state index contributed by atoms with van der Waals surface area (Å²) in [5.41, 5.74) is -0.237. The number of nitrogens with two attached hydrogens (primary N) is 1. The summed E-state index contributed by atoms with van der Waals surface area (Å²) in [6, 6.07) is 2.09. The van der Waals surface area contributed by atoms with Crippen molar-refractivity contribution in [2.24, 2.45) is 11.1 Å². The Bertz CT molecular complexity index is 625. The van der Waals surface area contributed by atoms with Gasteiger partial charge in [-0.2, -0.15) is 0 Å². The molecule has 1 aromatic rings. The van der Waals surface area contributed by atoms with Gasteiger partial charge in [0.15, 0.2) is 0 Å². The largest absolute Gasteiger partial charge is 0.352 e. The second-order valence-electron chi connectivity index (χ2n) is 5.04. The van der Waals surface area contributed by atoms with E-state index in [1.165, 1.54) is 6.92 Å². The molecule has 0 aliphatic heterocycles. The van der Waals surface area contributed by atoms with Gasteiger partial charge in [-0.15, -0.1) is 0 Å². The Kier molecular flexibility index (Phi) is 5.86. The Balaban J connectivity index is 3.06. The predicted molar refractivity (Wildman–Crippen MR) is 78.9 cm³/mol. The summed E-state index contributed by atoms with van der Waals surface area (Å²) in [6.45, 7) is 5.82. The number of nitrogens with one attached hydrogen (secondary N) is 1. The molecule has 0 spiro atoms. The van der Waals surface area contributed by atoms with Gasteiger partial charge in [-0.1, -0.05) is 26.7 Å². The Labute approximate surface area is 124 Å². The van der Waals surface area contributed by atoms with Crippen LogP contribution in [0.15, 0.2) is 17.0 Å². The van der Waals surface area contributed by atoms with E-state index in [0.29, 0.717) is 12.5 Å². The van der Waals surface area contributed by atoms with Crippen molar-refractivity contribution in [3.8, 4) is 0 Å². The van der Waals surface area contributed by atoms with Crippen molar-refractivity contribution in [1.29, 1.82) is 0 Å². The molecule has 0 aromatic heterocycles. The van der Waals surface area contributed by atoms with E-state index in [4.69, 9.17) is 5.14 Å². The highest BCUT2D eigenvalue weighted by Gasteiger charge is 2.19. The first kappa shape index (κ1) is 17.6. The number of halogens is 1. The smallest absolute Gasteiger partial charge is 0.254 e. The average molecular weight is 316 g/mol. The lowest BCUT2D eigenvalue weighted by Crippen LogP contribution is -2.30. The molecule has 0 bridgehead atoms. The van der Waals surface area contributed by atoms with Gasteiger partial charge in [0.2, 0.25) is 10.0 Å². The maximum Gasteiger partial charge on any atom is 0.254 e. The Morgan fingerprint density at radius 2 is 1.90 bits per heavy atom. The van der Waals surface area contributed by atoms with E-state index < -0.39 is 21.7 Å². The fourth-order valence-electron chi connectivity index (χ4n) is 1.98. The van der Waals surface area contributed by atoms with Gasteiger partial charge in [-0.05, 0) is 30.5 Å². The lowest BCUT2D eigenvalue weighted by molar-refractivity contribution is 0.0942. The van der Waals surface area contributed by atoms with Crippen LogP contribution in [-0.2, 0) is 10.0 Å². The SMILES string of the molecule is CCC(CC)CNC(=O)c1cc(S(N)(=O)=O)cc(C)c1F. The van der Waals surface area contributed by atoms with Gasteiger partial charge < -0.3 is 5.32 Å². The van der Waals surface area contributed by atoms with Gasteiger partial charge in [-0.3, -0.25) is 4.79 Å². The fraction of sp³-hybridized carbons (Fsp3) is 0.500. The number of sulfonamides is 1. The van der Waals surface area contributed by atoms with Crippen molar-refractivity contribution in [3.05, 3.63) is 29.1 Å². The second-order valence-corrected chi connectivity index (χ2v) is 6.60. The highest BCUT2D eigenvalue weighted by atomic mass is 32.2. The van der Waals surface area contributed by atoms with E-state index in [-0.39, 0.29) is 16.0 Å². The quantitative estimate of drug-likeness (QED) is 0.840. The molecule has 0 heterocycles. The lowest BCUT2D eigenvalue weighted by Gasteiger charge is -2.14. The molecule has 5 nitrogen and oxygen atoms in total. The Morgan fingerprint density at radius 3 is 2.38 bits per heavy atom. The van der Waals surface area contributed by atoms with Crippen molar-refractivity contribution >= 4 is 15.9 Å². The van der Waals surface area contributed by atoms with Crippen LogP contribution in [-0.4, -0.2) is 20.9 Å². The monoisotopic (exact) mass is 316 g/mol. The van der Waals surface area contributed by atoms with Crippen LogP contribution in [0.2, 0.25) is 0 Å². The van der Waals surface area contributed by atoms with Gasteiger partial charge in [0.05, 0.1) is 10.5 Å². The molecule has 1 rings (SSSR count). The van der Waals surface area contributed by atoms with E-state index in [1.807, 2.05) is 13.8 Å². The van der Waals surface area contributed by atoms with Crippen molar-refractivity contribution in [2.45, 2.75) is 38.5 Å². The molecule has 118 valence electrons. The minimum atomic E-state index is -3.99. The second kappa shape index (κ2) is 7.00. The number of benzene rings is 1. The summed E-state index contributed by atoms with van der Waals surface area (Å²) in [5.74, 6) is -1.06. The number of carbonyl (C=O) groups is 1. The van der Waals surface area contributed by atoms with Gasteiger partial charge in [0.25, 0.3) is 5.91 Å². The molecule has 0 radical (unpaired) electrons. The number of carbonyl (C=O) groups excluding carboxylic acids is 1. The van der Waals surface area contributed by atoms with Crippen LogP contribution in [0, 0.1) is 18.7 Å². The van der Waals surface area contributed by atoms with Crippen molar-refractivity contribution in [3.63, 3.8) is 0 Å². The van der Waals surface area contributed by atoms with Gasteiger partial charge in [0, 0.05) is 6.54 Å². The van der Waals surface area contributed by atoms with Gasteiger partial charge in [-0.25, -0.2) is 17.9 Å². The molecule has 21 heavy (non-hydrogen) atoms. The van der Waals surface area contributed by atoms with Crippen molar-refractivity contribution in [2.75, 3.05) is 6.54 Å². The van der Waals surface area contributed by atoms with Crippen LogP contribution in [0.3, 0.4) is 0 Å². The topological polar surface area (TPSA) is 89.3 Å². The zero-order valence-corrected chi connectivity index (χ0v) is 13.3. The predicted octanol–water partition coefficient (Wildman–Crippen LogP) is 1.95. The molecule has 0 saturated heterocycles. The van der Waals surface area contributed by atoms with E-state index in [0.717, 1.165) is 25.0 Å². The highest BCUT2D eigenvalue weighted by Crippen LogP contribution is 2.18. The molecule has 0 fully saturated rings. The molecule has 1 amide bonds. The van der Waals surface area contributed by atoms with Crippen molar-refractivity contribution in [1.82, 2.24) is 5.32 Å².